The van der Waals surface area contributed by atoms with Gasteiger partial charge in [0.15, 0.2) is 0 Å². The lowest BCUT2D eigenvalue weighted by molar-refractivity contribution is -0.115. The van der Waals surface area contributed by atoms with Crippen LogP contribution in [0.4, 0.5) is 11.4 Å². The Morgan fingerprint density at radius 3 is 2.12 bits per heavy atom. The van der Waals surface area contributed by atoms with Crippen molar-refractivity contribution in [3.05, 3.63) is 83.9 Å². The summed E-state index contributed by atoms with van der Waals surface area (Å²) >= 11 is 1.54. The Kier molecular flexibility index (Phi) is 6.64. The summed E-state index contributed by atoms with van der Waals surface area (Å²) in [4.78, 5) is 14.6. The van der Waals surface area contributed by atoms with Gasteiger partial charge in [0.2, 0.25) is 5.91 Å². The van der Waals surface area contributed by atoms with E-state index in [9.17, 15) is 13.2 Å². The average Bonchev–Trinajstić information content (AvgIpc) is 3.20. The minimum atomic E-state index is -3.71. The highest BCUT2D eigenvalue weighted by atomic mass is 32.2. The molecule has 0 radical (unpaired) electrons. The number of ether oxygens (including phenoxy) is 1. The maximum atomic E-state index is 12.9. The van der Waals surface area contributed by atoms with Crippen molar-refractivity contribution in [2.75, 3.05) is 22.5 Å². The van der Waals surface area contributed by atoms with Crippen molar-refractivity contribution >= 4 is 39.1 Å². The molecule has 1 heterocycles. The lowest BCUT2D eigenvalue weighted by Crippen LogP contribution is -2.27. The third kappa shape index (κ3) is 5.08. The minimum Gasteiger partial charge on any atom is -0.497 e. The van der Waals surface area contributed by atoms with Crippen molar-refractivity contribution in [2.24, 2.45) is 0 Å². The molecule has 1 amide bonds. The molecule has 0 aliphatic carbocycles. The van der Waals surface area contributed by atoms with E-state index in [0.29, 0.717) is 11.4 Å². The maximum Gasteiger partial charge on any atom is 0.261 e. The SMILES string of the molecule is COc1ccc(N2C(=O)CSC2c2ccc(NS(=O)(=O)c3ccc(C(C)(C)C)cc3)cc2)cc1. The number of rotatable bonds is 6. The van der Waals surface area contributed by atoms with Gasteiger partial charge in [-0.2, -0.15) is 0 Å². The summed E-state index contributed by atoms with van der Waals surface area (Å²) < 4.78 is 33.6. The fourth-order valence-corrected chi connectivity index (χ4v) is 5.99. The molecule has 1 fully saturated rings. The van der Waals surface area contributed by atoms with Crippen molar-refractivity contribution in [1.29, 1.82) is 0 Å². The van der Waals surface area contributed by atoms with Crippen LogP contribution in [0, 0.1) is 0 Å². The number of anilines is 2. The topological polar surface area (TPSA) is 75.7 Å². The van der Waals surface area contributed by atoms with Gasteiger partial charge in [0.25, 0.3) is 10.0 Å². The minimum absolute atomic E-state index is 0.0312. The van der Waals surface area contributed by atoms with Crippen molar-refractivity contribution < 1.29 is 17.9 Å². The normalized spacial score (nSPS) is 16.5. The molecule has 6 nitrogen and oxygen atoms in total. The zero-order valence-electron chi connectivity index (χ0n) is 19.6. The molecule has 0 spiro atoms. The summed E-state index contributed by atoms with van der Waals surface area (Å²) in [6, 6.07) is 21.5. The number of nitrogens with zero attached hydrogens (tertiary/aromatic N) is 1. The second-order valence-electron chi connectivity index (χ2n) is 9.13. The molecule has 1 unspecified atom stereocenters. The zero-order chi connectivity index (χ0) is 24.5. The van der Waals surface area contributed by atoms with E-state index in [0.717, 1.165) is 22.6 Å². The van der Waals surface area contributed by atoms with E-state index >= 15 is 0 Å². The van der Waals surface area contributed by atoms with Gasteiger partial charge in [-0.25, -0.2) is 8.42 Å². The number of thioether (sulfide) groups is 1. The molecular weight excluding hydrogens is 468 g/mol. The molecule has 1 atom stereocenters. The fraction of sp³-hybridized carbons (Fsp3) is 0.269. The molecule has 1 N–H and O–H groups in total. The van der Waals surface area contributed by atoms with Crippen LogP contribution < -0.4 is 14.4 Å². The summed E-state index contributed by atoms with van der Waals surface area (Å²) in [6.45, 7) is 6.26. The second-order valence-corrected chi connectivity index (χ2v) is 11.9. The molecule has 178 valence electrons. The van der Waals surface area contributed by atoms with E-state index in [-0.39, 0.29) is 21.6 Å². The fourth-order valence-electron chi connectivity index (χ4n) is 3.76. The summed E-state index contributed by atoms with van der Waals surface area (Å²) in [6.07, 6.45) is 0. The molecule has 3 aromatic rings. The van der Waals surface area contributed by atoms with E-state index in [1.165, 1.54) is 0 Å². The van der Waals surface area contributed by atoms with Gasteiger partial charge >= 0.3 is 0 Å². The molecule has 3 aromatic carbocycles. The number of sulfonamides is 1. The largest absolute Gasteiger partial charge is 0.497 e. The highest BCUT2D eigenvalue weighted by molar-refractivity contribution is 8.00. The average molecular weight is 497 g/mol. The molecule has 0 bridgehead atoms. The van der Waals surface area contributed by atoms with Crippen LogP contribution in [0.5, 0.6) is 5.75 Å². The van der Waals surface area contributed by atoms with Gasteiger partial charge in [-0.3, -0.25) is 14.4 Å². The van der Waals surface area contributed by atoms with Gasteiger partial charge in [0.05, 0.1) is 17.8 Å². The first-order chi connectivity index (χ1) is 16.1. The Hall–Kier alpha value is -2.97. The first kappa shape index (κ1) is 24.2. The van der Waals surface area contributed by atoms with Crippen LogP contribution in [0.3, 0.4) is 0 Å². The lowest BCUT2D eigenvalue weighted by Gasteiger charge is -2.24. The summed E-state index contributed by atoms with van der Waals surface area (Å²) in [5.74, 6) is 1.14. The van der Waals surface area contributed by atoms with E-state index < -0.39 is 10.0 Å². The zero-order valence-corrected chi connectivity index (χ0v) is 21.2. The second kappa shape index (κ2) is 9.35. The van der Waals surface area contributed by atoms with Crippen LogP contribution in [0.15, 0.2) is 77.7 Å². The predicted molar refractivity (Wildman–Crippen MR) is 138 cm³/mol. The molecule has 1 aliphatic heterocycles. The third-order valence-electron chi connectivity index (χ3n) is 5.70. The number of carbonyl (C=O) groups excluding carboxylic acids is 1. The number of hydrogen-bond acceptors (Lipinski definition) is 5. The third-order valence-corrected chi connectivity index (χ3v) is 8.31. The number of hydrogen-bond donors (Lipinski definition) is 1. The smallest absolute Gasteiger partial charge is 0.261 e. The van der Waals surface area contributed by atoms with Gasteiger partial charge in [0, 0.05) is 11.4 Å². The van der Waals surface area contributed by atoms with Gasteiger partial charge in [0.1, 0.15) is 11.1 Å². The van der Waals surface area contributed by atoms with Crippen molar-refractivity contribution in [3.8, 4) is 5.75 Å². The van der Waals surface area contributed by atoms with Crippen molar-refractivity contribution in [2.45, 2.75) is 36.5 Å². The number of amides is 1. The maximum absolute atomic E-state index is 12.9. The van der Waals surface area contributed by atoms with Gasteiger partial charge in [-0.15, -0.1) is 11.8 Å². The van der Waals surface area contributed by atoms with Crippen molar-refractivity contribution in [3.63, 3.8) is 0 Å². The van der Waals surface area contributed by atoms with Gasteiger partial charge < -0.3 is 4.74 Å². The monoisotopic (exact) mass is 496 g/mol. The molecule has 1 saturated heterocycles. The first-order valence-electron chi connectivity index (χ1n) is 10.9. The van der Waals surface area contributed by atoms with E-state index in [4.69, 9.17) is 4.74 Å². The Bertz CT molecular complexity index is 1260. The molecule has 4 rings (SSSR count). The van der Waals surface area contributed by atoms with Crippen LogP contribution in [0.25, 0.3) is 0 Å². The van der Waals surface area contributed by atoms with Crippen molar-refractivity contribution in [1.82, 2.24) is 0 Å². The number of nitrogens with one attached hydrogen (secondary N) is 1. The summed E-state index contributed by atoms with van der Waals surface area (Å²) in [5.41, 5.74) is 3.20. The van der Waals surface area contributed by atoms with E-state index in [2.05, 4.69) is 25.5 Å². The number of methoxy groups -OCH3 is 1. The number of benzene rings is 3. The van der Waals surface area contributed by atoms with E-state index in [1.807, 2.05) is 48.5 Å². The Morgan fingerprint density at radius 1 is 0.941 bits per heavy atom. The first-order valence-corrected chi connectivity index (χ1v) is 13.4. The molecule has 1 aliphatic rings. The van der Waals surface area contributed by atoms with Crippen LogP contribution >= 0.6 is 11.8 Å². The highest BCUT2D eigenvalue weighted by Gasteiger charge is 2.34. The van der Waals surface area contributed by atoms with Crippen LogP contribution in [0.1, 0.15) is 37.3 Å². The molecular formula is C26H28N2O4S2. The quantitative estimate of drug-likeness (QED) is 0.483. The standard InChI is InChI=1S/C26H28N2O4S2/c1-26(2,3)19-7-15-23(16-8-19)34(30,31)27-20-9-5-18(6-10-20)25-28(24(29)17-33-25)21-11-13-22(32-4)14-12-21/h5-16,25,27H,17H2,1-4H3. The van der Waals surface area contributed by atoms with Gasteiger partial charge in [-0.05, 0) is 65.1 Å². The summed E-state index contributed by atoms with van der Waals surface area (Å²) in [7, 11) is -2.11. The molecule has 0 saturated carbocycles. The molecule has 34 heavy (non-hydrogen) atoms. The van der Waals surface area contributed by atoms with Crippen LogP contribution in [-0.2, 0) is 20.2 Å². The Morgan fingerprint density at radius 2 is 1.56 bits per heavy atom. The molecule has 0 aromatic heterocycles. The van der Waals surface area contributed by atoms with Crippen LogP contribution in [-0.4, -0.2) is 27.2 Å². The van der Waals surface area contributed by atoms with Crippen LogP contribution in [0.2, 0.25) is 0 Å². The number of carbonyl (C=O) groups is 1. The predicted octanol–water partition coefficient (Wildman–Crippen LogP) is 5.57. The Balaban J connectivity index is 1.51. The highest BCUT2D eigenvalue weighted by Crippen LogP contribution is 2.42. The lowest BCUT2D eigenvalue weighted by atomic mass is 9.87. The summed E-state index contributed by atoms with van der Waals surface area (Å²) in [5, 5.41) is -0.184. The molecule has 8 heteroatoms. The van der Waals surface area contributed by atoms with Gasteiger partial charge in [-0.1, -0.05) is 45.0 Å². The van der Waals surface area contributed by atoms with E-state index in [1.54, 1.807) is 48.0 Å². The Labute approximate surface area is 205 Å².